The first kappa shape index (κ1) is 55.8. The van der Waals surface area contributed by atoms with Crippen LogP contribution in [0.15, 0.2) is 106 Å². The van der Waals surface area contributed by atoms with E-state index in [2.05, 4.69) is 5.32 Å². The average Bonchev–Trinajstić information content (AvgIpc) is 3.77. The summed E-state index contributed by atoms with van der Waals surface area (Å²) in [5.74, 6) is -1.98. The highest BCUT2D eigenvalue weighted by Gasteiger charge is 2.45. The van der Waals surface area contributed by atoms with Crippen molar-refractivity contribution in [3.8, 4) is 0 Å². The van der Waals surface area contributed by atoms with Crippen LogP contribution in [-0.4, -0.2) is 122 Å². The van der Waals surface area contributed by atoms with Gasteiger partial charge < -0.3 is 10.2 Å². The van der Waals surface area contributed by atoms with Crippen LogP contribution in [0, 0.1) is 0 Å². The normalized spacial score (nSPS) is 17.8. The molecule has 0 saturated carbocycles. The molecule has 3 heterocycles. The molecule has 3 aliphatic rings. The third-order valence-electron chi connectivity index (χ3n) is 12.5. The van der Waals surface area contributed by atoms with Crippen LogP contribution in [0.5, 0.6) is 0 Å². The standard InChI is InChI=1S/C47H60N4O15S4/c1-46(2)37-32-35(69(61,62)63)20-22-39(37)49(28-30-67(55,56)57)41(46)17-12-15-34(14-8-7-9-19-43(52)48-26-10-5-6-11-27-51-44(53)24-25-45(51)54)16-13-18-42-47(3,4)38-33-36(70(64,65)66)21-23-40(38)50(42)29-31-68(58,59)60/h12-13,15-18,20-25,32-33H,5-11,14,19,26-31H2,1-4H3,(H4-,48,52,55,56,57,58,59,60,61,62,63,64,65,66)/p+1. The Balaban J connectivity index is 1.36. The molecule has 5 N–H and O–H groups in total. The minimum absolute atomic E-state index is 0.0913. The molecule has 2 aromatic carbocycles. The summed E-state index contributed by atoms with van der Waals surface area (Å²) >= 11 is 0. The molecule has 0 atom stereocenters. The topological polar surface area (TPSA) is 290 Å². The molecule has 0 aromatic heterocycles. The van der Waals surface area contributed by atoms with Crippen molar-refractivity contribution in [1.82, 2.24) is 10.2 Å². The number of amides is 3. The quantitative estimate of drug-likeness (QED) is 0.0266. The van der Waals surface area contributed by atoms with E-state index in [9.17, 15) is 66.3 Å². The fourth-order valence-corrected chi connectivity index (χ4v) is 10.6. The Morgan fingerprint density at radius 2 is 1.26 bits per heavy atom. The van der Waals surface area contributed by atoms with E-state index < -0.39 is 62.8 Å². The fraction of sp³-hybridized carbons (Fsp3) is 0.447. The number of carbonyl (C=O) groups excluding carboxylic acids is 3. The van der Waals surface area contributed by atoms with E-state index in [0.717, 1.165) is 24.8 Å². The van der Waals surface area contributed by atoms with E-state index in [4.69, 9.17) is 0 Å². The van der Waals surface area contributed by atoms with Gasteiger partial charge >= 0.3 is 0 Å². The maximum absolute atomic E-state index is 12.6. The number of nitrogens with one attached hydrogen (secondary N) is 1. The van der Waals surface area contributed by atoms with Crippen LogP contribution in [0.2, 0.25) is 0 Å². The van der Waals surface area contributed by atoms with Crippen LogP contribution in [0.25, 0.3) is 0 Å². The minimum atomic E-state index is -4.58. The van der Waals surface area contributed by atoms with Crippen molar-refractivity contribution in [2.75, 3.05) is 42.6 Å². The summed E-state index contributed by atoms with van der Waals surface area (Å²) in [5, 5.41) is 2.93. The lowest BCUT2D eigenvalue weighted by molar-refractivity contribution is -0.432. The lowest BCUT2D eigenvalue weighted by Gasteiger charge is -2.26. The van der Waals surface area contributed by atoms with Gasteiger partial charge in [0.1, 0.15) is 5.75 Å². The van der Waals surface area contributed by atoms with Crippen molar-refractivity contribution < 1.29 is 70.8 Å². The Morgan fingerprint density at radius 1 is 0.671 bits per heavy atom. The lowest BCUT2D eigenvalue weighted by atomic mass is 9.81. The number of allylic oxidation sites excluding steroid dienone is 8. The molecular formula is C47H61N4O15S4+. The van der Waals surface area contributed by atoms with Crippen LogP contribution in [0.3, 0.4) is 0 Å². The second-order valence-corrected chi connectivity index (χ2v) is 24.3. The smallest absolute Gasteiger partial charge is 0.294 e. The van der Waals surface area contributed by atoms with Gasteiger partial charge in [-0.3, -0.25) is 37.5 Å². The number of anilines is 1. The molecule has 5 rings (SSSR count). The average molecular weight is 1050 g/mol. The molecule has 0 saturated heterocycles. The van der Waals surface area contributed by atoms with Gasteiger partial charge in [0.15, 0.2) is 12.3 Å². The molecule has 382 valence electrons. The highest BCUT2D eigenvalue weighted by Crippen LogP contribution is 2.48. The minimum Gasteiger partial charge on any atom is -0.356 e. The Kier molecular flexibility index (Phi) is 17.9. The molecule has 3 amide bonds. The van der Waals surface area contributed by atoms with Crippen molar-refractivity contribution >= 4 is 75.3 Å². The van der Waals surface area contributed by atoms with Gasteiger partial charge in [-0.1, -0.05) is 57.4 Å². The number of hydrogen-bond acceptors (Lipinski definition) is 12. The van der Waals surface area contributed by atoms with Crippen molar-refractivity contribution in [2.45, 2.75) is 106 Å². The Bertz CT molecular complexity index is 3000. The molecule has 0 unspecified atom stereocenters. The molecule has 0 aliphatic carbocycles. The number of unbranched alkanes of at least 4 members (excludes halogenated alkanes) is 5. The van der Waals surface area contributed by atoms with Crippen molar-refractivity contribution in [3.05, 3.63) is 107 Å². The lowest BCUT2D eigenvalue weighted by Crippen LogP contribution is -2.30. The van der Waals surface area contributed by atoms with Crippen molar-refractivity contribution in [2.24, 2.45) is 0 Å². The van der Waals surface area contributed by atoms with Gasteiger partial charge in [0.2, 0.25) is 11.6 Å². The number of benzene rings is 2. The third-order valence-corrected chi connectivity index (χ3v) is 15.6. The Morgan fingerprint density at radius 3 is 1.89 bits per heavy atom. The van der Waals surface area contributed by atoms with Crippen LogP contribution < -0.4 is 10.2 Å². The van der Waals surface area contributed by atoms with E-state index in [0.29, 0.717) is 85.5 Å². The maximum Gasteiger partial charge on any atom is 0.294 e. The maximum atomic E-state index is 12.6. The first-order valence-corrected chi connectivity index (χ1v) is 28.7. The highest BCUT2D eigenvalue weighted by atomic mass is 32.2. The van der Waals surface area contributed by atoms with Crippen LogP contribution in [0.1, 0.15) is 96.6 Å². The SMILES string of the molecule is CC1(C)C(=CC=CC(=CC=CC2=[N+](CCS(=O)(=O)O)c3ccc(S(=O)(=O)O)cc3C2(C)C)CCCCCC(=O)NCCCCCCN2C(=O)C=CC2=O)N(CCS(=O)(=O)O)c2ccc(S(=O)(=O)O)cc21. The highest BCUT2D eigenvalue weighted by molar-refractivity contribution is 7.86. The molecule has 70 heavy (non-hydrogen) atoms. The number of nitrogens with zero attached hydrogens (tertiary/aromatic N) is 3. The van der Waals surface area contributed by atoms with Crippen molar-refractivity contribution in [1.29, 1.82) is 0 Å². The second kappa shape index (κ2) is 22.5. The number of rotatable bonds is 25. The molecule has 23 heteroatoms. The molecule has 3 aliphatic heterocycles. The number of hydrogen-bond donors (Lipinski definition) is 5. The fourth-order valence-electron chi connectivity index (χ4n) is 8.78. The predicted molar refractivity (Wildman–Crippen MR) is 263 cm³/mol. The summed E-state index contributed by atoms with van der Waals surface area (Å²) in [7, 11) is -18.0. The van der Waals surface area contributed by atoms with Gasteiger partial charge in [0, 0.05) is 72.7 Å². The molecule has 19 nitrogen and oxygen atoms in total. The number of imide groups is 1. The third kappa shape index (κ3) is 14.7. The zero-order valence-electron chi connectivity index (χ0n) is 39.4. The van der Waals surface area contributed by atoms with E-state index in [1.165, 1.54) is 53.5 Å². The number of carbonyl (C=O) groups is 3. The van der Waals surface area contributed by atoms with Crippen LogP contribution in [0.4, 0.5) is 11.4 Å². The van der Waals surface area contributed by atoms with Gasteiger partial charge in [0.25, 0.3) is 52.3 Å². The molecular weight excluding hydrogens is 989 g/mol. The van der Waals surface area contributed by atoms with Gasteiger partial charge in [-0.15, -0.1) is 0 Å². The van der Waals surface area contributed by atoms with E-state index >= 15 is 0 Å². The molecule has 0 spiro atoms. The summed E-state index contributed by atoms with van der Waals surface area (Å²) in [5.41, 5.74) is 2.00. The zero-order chi connectivity index (χ0) is 51.9. The summed E-state index contributed by atoms with van der Waals surface area (Å²) in [4.78, 5) is 38.2. The first-order chi connectivity index (χ1) is 32.5. The zero-order valence-corrected chi connectivity index (χ0v) is 42.7. The number of fused-ring (bicyclic) bond motifs is 2. The molecule has 2 aromatic rings. The van der Waals surface area contributed by atoms with Gasteiger partial charge in [-0.2, -0.15) is 38.2 Å². The Hall–Kier alpha value is -5.14. The monoisotopic (exact) mass is 1050 g/mol. The molecule has 0 radical (unpaired) electrons. The van der Waals surface area contributed by atoms with Crippen molar-refractivity contribution in [3.63, 3.8) is 0 Å². The summed E-state index contributed by atoms with van der Waals surface area (Å²) in [6, 6.07) is 7.96. The molecule has 0 bridgehead atoms. The van der Waals surface area contributed by atoms with E-state index in [1.807, 2.05) is 12.2 Å². The second-order valence-electron chi connectivity index (χ2n) is 18.3. The first-order valence-electron chi connectivity index (χ1n) is 22.6. The summed E-state index contributed by atoms with van der Waals surface area (Å²) in [6.07, 6.45) is 18.9. The summed E-state index contributed by atoms with van der Waals surface area (Å²) in [6.45, 7) is 7.70. The van der Waals surface area contributed by atoms with Gasteiger partial charge in [0.05, 0.1) is 21.0 Å². The molecule has 0 fully saturated rings. The van der Waals surface area contributed by atoms with E-state index in [-0.39, 0.29) is 40.6 Å². The predicted octanol–water partition coefficient (Wildman–Crippen LogP) is 5.60. The summed E-state index contributed by atoms with van der Waals surface area (Å²) < 4.78 is 136. The largest absolute Gasteiger partial charge is 0.356 e. The van der Waals surface area contributed by atoms with E-state index in [1.54, 1.807) is 61.5 Å². The van der Waals surface area contributed by atoms with Gasteiger partial charge in [-0.25, -0.2) is 0 Å². The van der Waals surface area contributed by atoms with Gasteiger partial charge in [-0.05, 0) is 93.5 Å². The van der Waals surface area contributed by atoms with Crippen LogP contribution in [-0.2, 0) is 65.7 Å². The van der Waals surface area contributed by atoms with Crippen LogP contribution >= 0.6 is 0 Å². The Labute approximate surface area is 410 Å².